The van der Waals surface area contributed by atoms with Gasteiger partial charge in [-0.2, -0.15) is 0 Å². The third kappa shape index (κ3) is 4.19. The van der Waals surface area contributed by atoms with Gasteiger partial charge in [0.25, 0.3) is 0 Å². The van der Waals surface area contributed by atoms with E-state index in [-0.39, 0.29) is 0 Å². The highest BCUT2D eigenvalue weighted by atomic mass is 28.4. The maximum absolute atomic E-state index is 9.13. The van der Waals surface area contributed by atoms with Crippen molar-refractivity contribution in [2.75, 3.05) is 20.5 Å². The van der Waals surface area contributed by atoms with E-state index < -0.39 is 113 Å². The van der Waals surface area contributed by atoms with Crippen LogP contribution in [0.4, 0.5) is 0 Å². The van der Waals surface area contributed by atoms with Crippen molar-refractivity contribution in [1.29, 1.82) is 0 Å². The molecule has 0 heterocycles. The SMILES string of the molecule is [2H]CC(C)(C)[Si](OC([2H])([2H])C(N(C([2H])([2H])[2H])C([2H])([2H])[2H])(C([2H])([2H])[2H])C([2H])(N)c1c([2H])c([2H])c([2H])c([2H])c1[2H])(C([2H])([2H])[2H])C([2H])([2H])[2H]. The predicted octanol–water partition coefficient (Wildman–Crippen LogP) is 4.03. The monoisotopic (exact) mass is 346 g/mol. The molecular formula is C18H34N2OSi. The van der Waals surface area contributed by atoms with Crippen LogP contribution in [0.15, 0.2) is 30.2 Å². The van der Waals surface area contributed by atoms with E-state index in [1.807, 2.05) is 0 Å². The Kier molecular flexibility index (Phi) is 1.33. The maximum atomic E-state index is 9.13. The van der Waals surface area contributed by atoms with Gasteiger partial charge in [-0.05, 0) is 44.4 Å². The maximum Gasteiger partial charge on any atom is 0.192 e. The van der Waals surface area contributed by atoms with Crippen molar-refractivity contribution in [2.45, 2.75) is 57.1 Å². The first-order chi connectivity index (χ1) is 19.8. The highest BCUT2D eigenvalue weighted by Crippen LogP contribution is 2.38. The summed E-state index contributed by atoms with van der Waals surface area (Å²) in [7, 11) is -6.20. The van der Waals surface area contributed by atoms with Crippen molar-refractivity contribution < 1.29 is 37.3 Å². The Morgan fingerprint density at radius 1 is 1.41 bits per heavy atom. The molecule has 22 heavy (non-hydrogen) atoms. The molecule has 4 heteroatoms. The van der Waals surface area contributed by atoms with E-state index in [1.54, 1.807) is 0 Å². The van der Waals surface area contributed by atoms with E-state index in [9.17, 15) is 0 Å². The molecule has 0 aliphatic carbocycles. The molecule has 2 N–H and O–H groups in total. The molecule has 0 aliphatic heterocycles. The number of likely N-dealkylation sites (N-methyl/N-ethyl adjacent to an activating group) is 1. The van der Waals surface area contributed by atoms with Gasteiger partial charge in [0.2, 0.25) is 0 Å². The number of nitrogens with zero attached hydrogens (tertiary/aromatic N) is 1. The Balaban J connectivity index is 4.97. The molecule has 0 spiro atoms. The molecule has 0 fully saturated rings. The van der Waals surface area contributed by atoms with Gasteiger partial charge < -0.3 is 15.1 Å². The average molecular weight is 347 g/mol. The molecule has 126 valence electrons. The quantitative estimate of drug-likeness (QED) is 0.790. The van der Waals surface area contributed by atoms with Gasteiger partial charge in [0.1, 0.15) is 0 Å². The lowest BCUT2D eigenvalue weighted by Gasteiger charge is -2.45. The largest absolute Gasteiger partial charge is 0.415 e. The molecule has 2 unspecified atom stereocenters. The molecular weight excluding hydrogens is 288 g/mol. The first-order valence-electron chi connectivity index (χ1n) is 18.2. The lowest BCUT2D eigenvalue weighted by atomic mass is 9.87. The van der Waals surface area contributed by atoms with Crippen LogP contribution in [0.2, 0.25) is 18.0 Å². The summed E-state index contributed by atoms with van der Waals surface area (Å²) in [6, 6.07) is -11.1. The number of hydrogen-bond donors (Lipinski definition) is 1. The zero-order chi connectivity index (χ0) is 37.5. The molecule has 1 aromatic carbocycles. The van der Waals surface area contributed by atoms with Gasteiger partial charge in [-0.25, -0.2) is 0 Å². The minimum absolute atomic E-state index is 0.870. The first-order valence-corrected chi connectivity index (χ1v) is 7.88. The van der Waals surface area contributed by atoms with Crippen LogP contribution in [0.25, 0.3) is 0 Å². The van der Waals surface area contributed by atoms with Crippen LogP contribution in [-0.4, -0.2) is 39.3 Å². The Labute approximate surface area is 171 Å². The van der Waals surface area contributed by atoms with Gasteiger partial charge in [0, 0.05) is 21.9 Å². The van der Waals surface area contributed by atoms with Crippen LogP contribution in [-0.2, 0) is 4.43 Å². The fourth-order valence-corrected chi connectivity index (χ4v) is 1.65. The minimum atomic E-state index is -6.20. The number of benzene rings is 1. The topological polar surface area (TPSA) is 38.5 Å². The second-order valence-electron chi connectivity index (χ2n) is 5.23. The molecule has 1 rings (SSSR count). The summed E-state index contributed by atoms with van der Waals surface area (Å²) < 4.78 is 203. The fraction of sp³-hybridized carbons (Fsp3) is 0.667. The van der Waals surface area contributed by atoms with Crippen molar-refractivity contribution in [2.24, 2.45) is 5.73 Å². The van der Waals surface area contributed by atoms with Crippen molar-refractivity contribution in [1.82, 2.24) is 4.90 Å². The lowest BCUT2D eigenvalue weighted by Crippen LogP contribution is -2.56. The van der Waals surface area contributed by atoms with Gasteiger partial charge in [0.05, 0.1) is 29.1 Å². The zero-order valence-corrected chi connectivity index (χ0v) is 13.1. The normalized spacial score (nSPS) is 38.2. The van der Waals surface area contributed by atoms with E-state index >= 15 is 0 Å². The van der Waals surface area contributed by atoms with Crippen LogP contribution in [0.5, 0.6) is 0 Å². The summed E-state index contributed by atoms with van der Waals surface area (Å²) in [6.45, 7) is -25.3. The summed E-state index contributed by atoms with van der Waals surface area (Å²) in [6.07, 6.45) is 0. The molecule has 0 amide bonds. The van der Waals surface area contributed by atoms with Gasteiger partial charge >= 0.3 is 0 Å². The smallest absolute Gasteiger partial charge is 0.192 e. The summed E-state index contributed by atoms with van der Waals surface area (Å²) in [5.41, 5.74) is -0.360. The van der Waals surface area contributed by atoms with E-state index in [2.05, 4.69) is 0 Å². The average Bonchev–Trinajstić information content (AvgIpc) is 2.78. The third-order valence-electron chi connectivity index (χ3n) is 2.80. The number of rotatable bonds is 6. The molecule has 3 nitrogen and oxygen atoms in total. The zero-order valence-electron chi connectivity index (χ0n) is 36.1. The van der Waals surface area contributed by atoms with Gasteiger partial charge in [-0.1, -0.05) is 51.0 Å². The van der Waals surface area contributed by atoms with Crippen molar-refractivity contribution in [3.8, 4) is 0 Å². The van der Waals surface area contributed by atoms with Crippen LogP contribution in [0.1, 0.15) is 72.1 Å². The molecule has 0 radical (unpaired) electrons. The Hall–Kier alpha value is -0.683. The standard InChI is InChI=1S/C18H34N2OSi/c1-17(2,3)22(7,8)21-14-18(4,20(5)6)16(19)15-12-10-9-11-13-15/h9-13,16H,14,19H2,1-8H3/i1D,4D3,5D3,6D3,7D3,8D3,9D,10D,11D,12D,13D,14D2,16D. The molecule has 0 aliphatic rings. The van der Waals surface area contributed by atoms with E-state index in [1.165, 1.54) is 0 Å². The summed E-state index contributed by atoms with van der Waals surface area (Å²) in [5.74, 6) is 0. The van der Waals surface area contributed by atoms with Gasteiger partial charge in [-0.15, -0.1) is 0 Å². The molecule has 2 atom stereocenters. The van der Waals surface area contributed by atoms with Crippen LogP contribution < -0.4 is 5.73 Å². The third-order valence-corrected chi connectivity index (χ3v) is 5.11. The Morgan fingerprint density at radius 3 is 2.59 bits per heavy atom. The second kappa shape index (κ2) is 6.83. The van der Waals surface area contributed by atoms with Gasteiger partial charge in [0.15, 0.2) is 8.32 Å². The van der Waals surface area contributed by atoms with Crippen molar-refractivity contribution in [3.05, 3.63) is 35.8 Å². The number of hydrogen-bond acceptors (Lipinski definition) is 3. The molecule has 0 aromatic heterocycles. The minimum Gasteiger partial charge on any atom is -0.415 e. The molecule has 0 saturated carbocycles. The second-order valence-corrected chi connectivity index (χ2v) is 8.15. The highest BCUT2D eigenvalue weighted by Gasteiger charge is 2.42. The number of nitrogens with two attached hydrogens (primary N) is 1. The molecule has 0 bridgehead atoms. The Bertz CT molecular complexity index is 1230. The van der Waals surface area contributed by atoms with E-state index in [0.717, 1.165) is 13.8 Å². The summed E-state index contributed by atoms with van der Waals surface area (Å²) in [5, 5.41) is -2.39. The van der Waals surface area contributed by atoms with Crippen molar-refractivity contribution in [3.63, 3.8) is 0 Å². The van der Waals surface area contributed by atoms with E-state index in [0.29, 0.717) is 0 Å². The Morgan fingerprint density at radius 2 is 2.09 bits per heavy atom. The highest BCUT2D eigenvalue weighted by molar-refractivity contribution is 6.74. The van der Waals surface area contributed by atoms with E-state index in [4.69, 9.17) is 43.1 Å². The lowest BCUT2D eigenvalue weighted by molar-refractivity contribution is 0.0656. The van der Waals surface area contributed by atoms with Crippen molar-refractivity contribution >= 4 is 8.32 Å². The first kappa shape index (κ1) is 4.28. The van der Waals surface area contributed by atoms with Crippen LogP contribution >= 0.6 is 0 Å². The molecule has 1 aromatic rings. The summed E-state index contributed by atoms with van der Waals surface area (Å²) >= 11 is 0. The predicted molar refractivity (Wildman–Crippen MR) is 98.6 cm³/mol. The fourth-order valence-electron chi connectivity index (χ4n) is 1.08. The summed E-state index contributed by atoms with van der Waals surface area (Å²) in [4.78, 5) is -1.08. The van der Waals surface area contributed by atoms with Crippen LogP contribution in [0.3, 0.4) is 0 Å². The van der Waals surface area contributed by atoms with Crippen LogP contribution in [0, 0.1) is 0 Å². The van der Waals surface area contributed by atoms with Gasteiger partial charge in [-0.3, -0.25) is 0 Å². The molecule has 0 saturated heterocycles.